The molecule has 0 saturated heterocycles. The van der Waals surface area contributed by atoms with Gasteiger partial charge in [-0.25, -0.2) is 0 Å². The van der Waals surface area contributed by atoms with Crippen LogP contribution in [0.25, 0.3) is 10.1 Å². The largest absolute Gasteiger partial charge is 0.486 e. The summed E-state index contributed by atoms with van der Waals surface area (Å²) in [4.78, 5) is 0. The molecule has 1 aliphatic heterocycles. The van der Waals surface area contributed by atoms with Crippen LogP contribution in [0.15, 0.2) is 17.5 Å². The number of ether oxygens (including phenoxy) is 2. The Balaban J connectivity index is 1.85. The summed E-state index contributed by atoms with van der Waals surface area (Å²) >= 11 is 1.78. The van der Waals surface area contributed by atoms with E-state index in [1.807, 2.05) is 0 Å². The molecule has 2 heterocycles. The first-order valence-corrected chi connectivity index (χ1v) is 7.65. The van der Waals surface area contributed by atoms with E-state index in [0.717, 1.165) is 24.5 Å². The van der Waals surface area contributed by atoms with E-state index in [1.54, 1.807) is 11.3 Å². The van der Waals surface area contributed by atoms with Gasteiger partial charge in [-0.1, -0.05) is 13.8 Å². The number of hydrogen-bond acceptors (Lipinski definition) is 4. The molecular formula is C15H19NO2S. The Bertz CT molecular complexity index is 577. The first kappa shape index (κ1) is 12.8. The van der Waals surface area contributed by atoms with E-state index in [4.69, 9.17) is 9.47 Å². The minimum Gasteiger partial charge on any atom is -0.486 e. The van der Waals surface area contributed by atoms with E-state index in [-0.39, 0.29) is 0 Å². The molecule has 0 fully saturated rings. The lowest BCUT2D eigenvalue weighted by molar-refractivity contribution is 0.172. The van der Waals surface area contributed by atoms with Gasteiger partial charge < -0.3 is 14.8 Å². The Hall–Kier alpha value is -1.26. The van der Waals surface area contributed by atoms with Crippen molar-refractivity contribution in [1.29, 1.82) is 0 Å². The summed E-state index contributed by atoms with van der Waals surface area (Å²) in [5.41, 5.74) is 1.39. The molecule has 2 aromatic rings. The average molecular weight is 277 g/mol. The van der Waals surface area contributed by atoms with Crippen LogP contribution in [0.5, 0.6) is 11.5 Å². The molecule has 0 unspecified atom stereocenters. The molecule has 0 spiro atoms. The van der Waals surface area contributed by atoms with Crippen molar-refractivity contribution in [2.75, 3.05) is 19.8 Å². The van der Waals surface area contributed by atoms with Crippen molar-refractivity contribution in [3.8, 4) is 11.5 Å². The van der Waals surface area contributed by atoms with Gasteiger partial charge >= 0.3 is 0 Å². The number of nitrogens with one attached hydrogen (secondary N) is 1. The van der Waals surface area contributed by atoms with Crippen LogP contribution in [-0.2, 0) is 6.42 Å². The molecule has 0 atom stereocenters. The summed E-state index contributed by atoms with van der Waals surface area (Å²) in [7, 11) is 0. The second-order valence-electron chi connectivity index (χ2n) is 5.11. The summed E-state index contributed by atoms with van der Waals surface area (Å²) in [6.07, 6.45) is 1.05. The fourth-order valence-corrected chi connectivity index (χ4v) is 3.31. The fourth-order valence-electron chi connectivity index (χ4n) is 2.31. The van der Waals surface area contributed by atoms with Gasteiger partial charge in [0.1, 0.15) is 13.2 Å². The number of rotatable bonds is 4. The third-order valence-electron chi connectivity index (χ3n) is 3.27. The minimum atomic E-state index is 0.536. The van der Waals surface area contributed by atoms with E-state index in [2.05, 4.69) is 36.7 Å². The standard InChI is InChI=1S/C15H19NO2S/c1-10(2)16-4-3-11-9-19-15-8-14-13(7-12(11)15)17-5-6-18-14/h7-10,16H,3-6H2,1-2H3. The molecule has 0 saturated carbocycles. The van der Waals surface area contributed by atoms with Crippen molar-refractivity contribution in [2.45, 2.75) is 26.3 Å². The van der Waals surface area contributed by atoms with Crippen molar-refractivity contribution in [1.82, 2.24) is 5.32 Å². The Morgan fingerprint density at radius 2 is 1.95 bits per heavy atom. The highest BCUT2D eigenvalue weighted by molar-refractivity contribution is 7.17. The van der Waals surface area contributed by atoms with Crippen LogP contribution >= 0.6 is 11.3 Å². The van der Waals surface area contributed by atoms with Crippen LogP contribution in [-0.4, -0.2) is 25.8 Å². The van der Waals surface area contributed by atoms with Crippen LogP contribution < -0.4 is 14.8 Å². The van der Waals surface area contributed by atoms with E-state index in [9.17, 15) is 0 Å². The highest BCUT2D eigenvalue weighted by atomic mass is 32.1. The zero-order valence-corrected chi connectivity index (χ0v) is 12.2. The summed E-state index contributed by atoms with van der Waals surface area (Å²) in [5, 5.41) is 7.01. The average Bonchev–Trinajstić information content (AvgIpc) is 2.78. The van der Waals surface area contributed by atoms with Crippen molar-refractivity contribution < 1.29 is 9.47 Å². The molecule has 19 heavy (non-hydrogen) atoms. The van der Waals surface area contributed by atoms with Crippen molar-refractivity contribution in [3.63, 3.8) is 0 Å². The Labute approximate surface area is 117 Å². The van der Waals surface area contributed by atoms with Crippen molar-refractivity contribution >= 4 is 21.4 Å². The van der Waals surface area contributed by atoms with Crippen LogP contribution in [0.3, 0.4) is 0 Å². The SMILES string of the molecule is CC(C)NCCc1csc2cc3c(cc12)OCCO3. The minimum absolute atomic E-state index is 0.536. The van der Waals surface area contributed by atoms with Crippen LogP contribution in [0.1, 0.15) is 19.4 Å². The molecule has 0 amide bonds. The maximum absolute atomic E-state index is 5.66. The predicted octanol–water partition coefficient (Wildman–Crippen LogP) is 3.21. The maximum atomic E-state index is 5.66. The molecule has 3 nitrogen and oxygen atoms in total. The van der Waals surface area contributed by atoms with Gasteiger partial charge in [-0.3, -0.25) is 0 Å². The smallest absolute Gasteiger partial charge is 0.162 e. The van der Waals surface area contributed by atoms with Gasteiger partial charge in [0.15, 0.2) is 11.5 Å². The van der Waals surface area contributed by atoms with Crippen LogP contribution in [0.2, 0.25) is 0 Å². The van der Waals surface area contributed by atoms with Gasteiger partial charge in [-0.05, 0) is 35.4 Å². The molecular weight excluding hydrogens is 258 g/mol. The summed E-state index contributed by atoms with van der Waals surface area (Å²) in [6, 6.07) is 4.77. The molecule has 1 N–H and O–H groups in total. The number of benzene rings is 1. The van der Waals surface area contributed by atoms with Gasteiger partial charge in [-0.15, -0.1) is 11.3 Å². The molecule has 102 valence electrons. The first-order chi connectivity index (χ1) is 9.24. The van der Waals surface area contributed by atoms with Gasteiger partial charge in [-0.2, -0.15) is 0 Å². The predicted molar refractivity (Wildman–Crippen MR) is 79.7 cm³/mol. The molecule has 3 rings (SSSR count). The third-order valence-corrected chi connectivity index (χ3v) is 4.26. The number of thiophene rings is 1. The van der Waals surface area contributed by atoms with Gasteiger partial charge in [0.05, 0.1) is 0 Å². The van der Waals surface area contributed by atoms with E-state index < -0.39 is 0 Å². The zero-order chi connectivity index (χ0) is 13.2. The Kier molecular flexibility index (Phi) is 3.62. The lowest BCUT2D eigenvalue weighted by atomic mass is 10.1. The van der Waals surface area contributed by atoms with Crippen molar-refractivity contribution in [3.05, 3.63) is 23.1 Å². The maximum Gasteiger partial charge on any atom is 0.162 e. The summed E-state index contributed by atoms with van der Waals surface area (Å²) in [5.74, 6) is 1.77. The first-order valence-electron chi connectivity index (χ1n) is 6.77. The second kappa shape index (κ2) is 5.39. The van der Waals surface area contributed by atoms with Crippen molar-refractivity contribution in [2.24, 2.45) is 0 Å². The normalized spacial score (nSPS) is 14.3. The summed E-state index contributed by atoms with van der Waals surface area (Å²) < 4.78 is 12.6. The fraction of sp³-hybridized carbons (Fsp3) is 0.467. The molecule has 1 aliphatic rings. The van der Waals surface area contributed by atoms with Gasteiger partial charge in [0, 0.05) is 16.8 Å². The van der Waals surface area contributed by atoms with Crippen LogP contribution in [0, 0.1) is 0 Å². The molecule has 1 aromatic carbocycles. The Morgan fingerprint density at radius 3 is 2.68 bits per heavy atom. The molecule has 1 aromatic heterocycles. The van der Waals surface area contributed by atoms with E-state index in [0.29, 0.717) is 19.3 Å². The van der Waals surface area contributed by atoms with Crippen LogP contribution in [0.4, 0.5) is 0 Å². The highest BCUT2D eigenvalue weighted by Crippen LogP contribution is 2.38. The van der Waals surface area contributed by atoms with Gasteiger partial charge in [0.25, 0.3) is 0 Å². The third kappa shape index (κ3) is 2.69. The van der Waals surface area contributed by atoms with E-state index >= 15 is 0 Å². The molecule has 4 heteroatoms. The molecule has 0 bridgehead atoms. The Morgan fingerprint density at radius 1 is 1.21 bits per heavy atom. The number of fused-ring (bicyclic) bond motifs is 2. The summed E-state index contributed by atoms with van der Waals surface area (Å²) in [6.45, 7) is 6.65. The lowest BCUT2D eigenvalue weighted by Crippen LogP contribution is -2.24. The lowest BCUT2D eigenvalue weighted by Gasteiger charge is -2.18. The second-order valence-corrected chi connectivity index (χ2v) is 6.02. The highest BCUT2D eigenvalue weighted by Gasteiger charge is 2.15. The monoisotopic (exact) mass is 277 g/mol. The van der Waals surface area contributed by atoms with E-state index in [1.165, 1.54) is 15.6 Å². The number of hydrogen-bond donors (Lipinski definition) is 1. The molecule has 0 aliphatic carbocycles. The van der Waals surface area contributed by atoms with Gasteiger partial charge in [0.2, 0.25) is 0 Å². The molecule has 0 radical (unpaired) electrons. The quantitative estimate of drug-likeness (QED) is 0.931. The topological polar surface area (TPSA) is 30.5 Å². The zero-order valence-electron chi connectivity index (χ0n) is 11.4.